The zero-order valence-electron chi connectivity index (χ0n) is 12.5. The lowest BCUT2D eigenvalue weighted by atomic mass is 10.1. The number of rotatable bonds is 3. The predicted octanol–water partition coefficient (Wildman–Crippen LogP) is 2.14. The minimum Gasteiger partial charge on any atom is -0.462 e. The first-order valence-electron chi connectivity index (χ1n) is 7.28. The Bertz CT molecular complexity index is 852. The third-order valence-corrected chi connectivity index (χ3v) is 5.06. The highest BCUT2D eigenvalue weighted by molar-refractivity contribution is 7.92. The normalized spacial score (nSPS) is 16.1. The van der Waals surface area contributed by atoms with Crippen molar-refractivity contribution in [3.8, 4) is 0 Å². The van der Waals surface area contributed by atoms with Crippen LogP contribution in [0.3, 0.4) is 0 Å². The Kier molecular flexibility index (Phi) is 3.60. The fraction of sp³-hybridized carbons (Fsp3) is 0.400. The fourth-order valence-corrected chi connectivity index (χ4v) is 3.85. The van der Waals surface area contributed by atoms with E-state index in [1.54, 1.807) is 19.1 Å². The molecule has 0 saturated heterocycles. The van der Waals surface area contributed by atoms with Crippen molar-refractivity contribution in [2.75, 3.05) is 17.1 Å². The molecule has 2 aromatic rings. The number of aromatic nitrogens is 1. The molecule has 1 N–H and O–H groups in total. The van der Waals surface area contributed by atoms with Gasteiger partial charge < -0.3 is 9.30 Å². The van der Waals surface area contributed by atoms with Gasteiger partial charge in [0.25, 0.3) is 0 Å². The van der Waals surface area contributed by atoms with Crippen LogP contribution in [-0.2, 0) is 27.7 Å². The van der Waals surface area contributed by atoms with Crippen LogP contribution in [0.2, 0.25) is 0 Å². The maximum atomic E-state index is 12.0. The number of aryl methyl sites for hydroxylation is 2. The largest absolute Gasteiger partial charge is 0.462 e. The van der Waals surface area contributed by atoms with Crippen LogP contribution in [0.25, 0.3) is 10.9 Å². The lowest BCUT2D eigenvalue weighted by Crippen LogP contribution is -2.17. The smallest absolute Gasteiger partial charge is 0.338 e. The van der Waals surface area contributed by atoms with Gasteiger partial charge in [0.2, 0.25) is 10.0 Å². The average Bonchev–Trinajstić information content (AvgIpc) is 2.76. The Morgan fingerprint density at radius 3 is 2.82 bits per heavy atom. The summed E-state index contributed by atoms with van der Waals surface area (Å²) in [6, 6.07) is 3.34. The highest BCUT2D eigenvalue weighted by atomic mass is 32.2. The number of carbonyl (C=O) groups excluding carboxylic acids is 1. The summed E-state index contributed by atoms with van der Waals surface area (Å²) in [7, 11) is -3.40. The lowest BCUT2D eigenvalue weighted by molar-refractivity contribution is 0.0526. The first-order valence-corrected chi connectivity index (χ1v) is 8.93. The lowest BCUT2D eigenvalue weighted by Gasteiger charge is -2.09. The molecule has 1 aromatic carbocycles. The number of ether oxygens (including phenoxy) is 1. The van der Waals surface area contributed by atoms with Gasteiger partial charge >= 0.3 is 5.97 Å². The molecule has 0 radical (unpaired) electrons. The van der Waals surface area contributed by atoms with Crippen molar-refractivity contribution >= 4 is 32.6 Å². The van der Waals surface area contributed by atoms with Gasteiger partial charge in [-0.15, -0.1) is 0 Å². The molecule has 0 bridgehead atoms. The van der Waals surface area contributed by atoms with Gasteiger partial charge in [0.1, 0.15) is 0 Å². The molecule has 1 aliphatic heterocycles. The Hall–Kier alpha value is -2.02. The summed E-state index contributed by atoms with van der Waals surface area (Å²) in [6.07, 6.45) is 2.77. The second kappa shape index (κ2) is 5.31. The number of sulfonamides is 1. The molecule has 1 aromatic heterocycles. The summed E-state index contributed by atoms with van der Waals surface area (Å²) < 4.78 is 33.6. The Morgan fingerprint density at radius 1 is 1.36 bits per heavy atom. The van der Waals surface area contributed by atoms with E-state index in [1.165, 1.54) is 0 Å². The number of carbonyl (C=O) groups is 1. The molecule has 0 amide bonds. The van der Waals surface area contributed by atoms with Crippen LogP contribution in [0.1, 0.15) is 29.8 Å². The summed E-state index contributed by atoms with van der Waals surface area (Å²) >= 11 is 0. The molecule has 1 aliphatic rings. The minimum absolute atomic E-state index is 0.0172. The molecule has 0 atom stereocenters. The van der Waals surface area contributed by atoms with Gasteiger partial charge in [-0.1, -0.05) is 6.92 Å². The van der Waals surface area contributed by atoms with Crippen molar-refractivity contribution in [2.45, 2.75) is 26.8 Å². The van der Waals surface area contributed by atoms with E-state index in [-0.39, 0.29) is 12.4 Å². The number of benzene rings is 1. The van der Waals surface area contributed by atoms with Crippen LogP contribution < -0.4 is 4.72 Å². The molecule has 22 heavy (non-hydrogen) atoms. The van der Waals surface area contributed by atoms with E-state index in [4.69, 9.17) is 4.74 Å². The first-order chi connectivity index (χ1) is 10.4. The molecule has 118 valence electrons. The maximum absolute atomic E-state index is 12.0. The molecule has 0 saturated carbocycles. The van der Waals surface area contributed by atoms with Crippen LogP contribution in [0, 0.1) is 0 Å². The maximum Gasteiger partial charge on any atom is 0.338 e. The Balaban J connectivity index is 2.27. The van der Waals surface area contributed by atoms with E-state index in [1.807, 2.05) is 17.7 Å². The van der Waals surface area contributed by atoms with Crippen molar-refractivity contribution in [1.29, 1.82) is 0 Å². The van der Waals surface area contributed by atoms with E-state index >= 15 is 0 Å². The van der Waals surface area contributed by atoms with Crippen molar-refractivity contribution in [1.82, 2.24) is 4.57 Å². The molecule has 2 heterocycles. The van der Waals surface area contributed by atoms with Crippen molar-refractivity contribution in [3.05, 3.63) is 29.5 Å². The van der Waals surface area contributed by atoms with Crippen LogP contribution >= 0.6 is 0 Å². The highest BCUT2D eigenvalue weighted by Gasteiger charge is 2.23. The standard InChI is InChI=1S/C15H18N2O4S/c1-3-10-9-17-5-6-22(19,20)16-13-8-11(15(18)21-4-2)7-12(10)14(13)17/h7-9,16H,3-6H2,1-2H3. The monoisotopic (exact) mass is 322 g/mol. The SMILES string of the molecule is CCOC(=O)c1cc2c3c(c1)c(CC)cn3CCS(=O)(=O)N2. The quantitative estimate of drug-likeness (QED) is 0.878. The van der Waals surface area contributed by atoms with Crippen LogP contribution in [0.4, 0.5) is 5.69 Å². The molecule has 7 heteroatoms. The van der Waals surface area contributed by atoms with Crippen LogP contribution in [0.5, 0.6) is 0 Å². The molecule has 6 nitrogen and oxygen atoms in total. The zero-order valence-corrected chi connectivity index (χ0v) is 13.4. The summed E-state index contributed by atoms with van der Waals surface area (Å²) in [5.74, 6) is -0.428. The number of nitrogens with one attached hydrogen (secondary N) is 1. The van der Waals surface area contributed by atoms with Gasteiger partial charge in [0.15, 0.2) is 0 Å². The second-order valence-corrected chi connectivity index (χ2v) is 7.10. The molecule has 0 spiro atoms. The van der Waals surface area contributed by atoms with E-state index in [9.17, 15) is 13.2 Å². The first kappa shape index (κ1) is 14.9. The predicted molar refractivity (Wildman–Crippen MR) is 84.7 cm³/mol. The number of esters is 1. The number of anilines is 1. The van der Waals surface area contributed by atoms with Crippen molar-refractivity contribution in [3.63, 3.8) is 0 Å². The topological polar surface area (TPSA) is 77.4 Å². The molecule has 0 fully saturated rings. The molecule has 0 unspecified atom stereocenters. The fourth-order valence-electron chi connectivity index (χ4n) is 2.82. The summed E-state index contributed by atoms with van der Waals surface area (Å²) in [5, 5.41) is 0.896. The van der Waals surface area contributed by atoms with Gasteiger partial charge in [-0.05, 0) is 31.0 Å². The Morgan fingerprint density at radius 2 is 2.14 bits per heavy atom. The van der Waals surface area contributed by atoms with Gasteiger partial charge in [-0.2, -0.15) is 0 Å². The molecular weight excluding hydrogens is 304 g/mol. The Labute approximate surface area is 129 Å². The summed E-state index contributed by atoms with van der Waals surface area (Å²) in [4.78, 5) is 12.0. The van der Waals surface area contributed by atoms with Crippen LogP contribution in [0.15, 0.2) is 18.3 Å². The summed E-state index contributed by atoms with van der Waals surface area (Å²) in [6.45, 7) is 4.45. The number of nitrogens with zero attached hydrogens (tertiary/aromatic N) is 1. The molecule has 0 aliphatic carbocycles. The van der Waals surface area contributed by atoms with Gasteiger partial charge in [0, 0.05) is 18.1 Å². The van der Waals surface area contributed by atoms with Gasteiger partial charge in [-0.25, -0.2) is 13.2 Å². The number of hydrogen-bond donors (Lipinski definition) is 1. The third kappa shape index (κ3) is 2.45. The second-order valence-electron chi connectivity index (χ2n) is 5.26. The summed E-state index contributed by atoms with van der Waals surface area (Å²) in [5.41, 5.74) is 2.72. The highest BCUT2D eigenvalue weighted by Crippen LogP contribution is 2.33. The van der Waals surface area contributed by atoms with E-state index in [0.29, 0.717) is 17.8 Å². The molecular formula is C15H18N2O4S. The van der Waals surface area contributed by atoms with E-state index in [0.717, 1.165) is 22.9 Å². The minimum atomic E-state index is -3.40. The molecule has 3 rings (SSSR count). The number of hydrogen-bond acceptors (Lipinski definition) is 4. The van der Waals surface area contributed by atoms with E-state index in [2.05, 4.69) is 4.72 Å². The van der Waals surface area contributed by atoms with Crippen LogP contribution in [-0.4, -0.2) is 31.3 Å². The van der Waals surface area contributed by atoms with Gasteiger partial charge in [-0.3, -0.25) is 4.72 Å². The van der Waals surface area contributed by atoms with Crippen molar-refractivity contribution < 1.29 is 17.9 Å². The van der Waals surface area contributed by atoms with Crippen molar-refractivity contribution in [2.24, 2.45) is 0 Å². The average molecular weight is 322 g/mol. The third-order valence-electron chi connectivity index (χ3n) is 3.81. The van der Waals surface area contributed by atoms with E-state index < -0.39 is 16.0 Å². The zero-order chi connectivity index (χ0) is 15.9. The van der Waals surface area contributed by atoms with Gasteiger partial charge in [0.05, 0.1) is 29.1 Å².